The highest BCUT2D eigenvalue weighted by Gasteiger charge is 2.37. The zero-order valence-corrected chi connectivity index (χ0v) is 19.3. The average molecular weight is 484 g/mol. The minimum atomic E-state index is -1.22. The molecule has 2 rings (SSSR count). The van der Waals surface area contributed by atoms with Gasteiger partial charge in [-0.1, -0.05) is 0 Å². The van der Waals surface area contributed by atoms with Crippen LogP contribution in [0.3, 0.4) is 0 Å². The molecule has 4 atom stereocenters. The van der Waals surface area contributed by atoms with E-state index in [1.54, 1.807) is 6.20 Å². The quantitative estimate of drug-likeness (QED) is 0.128. The number of likely N-dealkylation sites (tertiary alicyclic amines) is 1. The van der Waals surface area contributed by atoms with E-state index >= 15 is 0 Å². The molecule has 1 aromatic heterocycles. The fourth-order valence-electron chi connectivity index (χ4n) is 3.72. The van der Waals surface area contributed by atoms with Gasteiger partial charge in [0.25, 0.3) is 0 Å². The molecule has 0 aliphatic carbocycles. The fourth-order valence-corrected chi connectivity index (χ4v) is 3.97. The summed E-state index contributed by atoms with van der Waals surface area (Å²) in [7, 11) is 0. The number of carboxylic acid groups (broad SMARTS) is 1. The number of H-pyrrole nitrogens is 1. The normalized spacial score (nSPS) is 18.4. The number of unbranched alkanes of at least 4 members (excludes halogenated alkanes) is 1. The van der Waals surface area contributed by atoms with Gasteiger partial charge in [0.05, 0.1) is 12.4 Å². The molecular formula is C20H33N7O5S. The van der Waals surface area contributed by atoms with Crippen molar-refractivity contribution in [2.75, 3.05) is 18.8 Å². The van der Waals surface area contributed by atoms with Crippen LogP contribution in [0, 0.1) is 0 Å². The van der Waals surface area contributed by atoms with Crippen molar-refractivity contribution in [2.24, 2.45) is 11.5 Å². The molecule has 1 saturated heterocycles. The van der Waals surface area contributed by atoms with Crippen molar-refractivity contribution in [3.8, 4) is 0 Å². The van der Waals surface area contributed by atoms with Gasteiger partial charge in [-0.05, 0) is 38.6 Å². The van der Waals surface area contributed by atoms with Crippen molar-refractivity contribution in [2.45, 2.75) is 62.7 Å². The number of thiol groups is 1. The minimum Gasteiger partial charge on any atom is -0.480 e. The standard InChI is InChI=1S/C20H33N7O5S/c21-6-2-1-4-14(17(28)26-15(10-33)20(31)32)25-18(29)16-5-3-7-27(16)19(30)13(22)8-12-9-23-11-24-12/h9,11,13-16,33H,1-8,10,21-22H2,(H,23,24)(H,25,29)(H,26,28)(H,31,32). The summed E-state index contributed by atoms with van der Waals surface area (Å²) < 4.78 is 0. The van der Waals surface area contributed by atoms with Gasteiger partial charge in [0, 0.05) is 30.6 Å². The number of aliphatic carboxylic acids is 1. The lowest BCUT2D eigenvalue weighted by Gasteiger charge is -2.28. The van der Waals surface area contributed by atoms with E-state index in [0.29, 0.717) is 44.5 Å². The van der Waals surface area contributed by atoms with Crippen LogP contribution in [0.5, 0.6) is 0 Å². The Hall–Kier alpha value is -2.64. The lowest BCUT2D eigenvalue weighted by molar-refractivity contribution is -0.142. The number of nitrogens with one attached hydrogen (secondary N) is 3. The van der Waals surface area contributed by atoms with Gasteiger partial charge in [-0.3, -0.25) is 14.4 Å². The summed E-state index contributed by atoms with van der Waals surface area (Å²) in [5.74, 6) is -2.76. The second-order valence-electron chi connectivity index (χ2n) is 8.00. The first kappa shape index (κ1) is 26.6. The van der Waals surface area contributed by atoms with Crippen molar-refractivity contribution in [3.63, 3.8) is 0 Å². The number of hydrogen-bond acceptors (Lipinski definition) is 8. The number of carbonyl (C=O) groups is 4. The maximum atomic E-state index is 13.0. The zero-order valence-electron chi connectivity index (χ0n) is 18.4. The Labute approximate surface area is 197 Å². The fraction of sp³-hybridized carbons (Fsp3) is 0.650. The number of carboxylic acids is 1. The lowest BCUT2D eigenvalue weighted by Crippen LogP contribution is -2.57. The Balaban J connectivity index is 2.04. The van der Waals surface area contributed by atoms with Crippen molar-refractivity contribution in [1.82, 2.24) is 25.5 Å². The van der Waals surface area contributed by atoms with E-state index in [2.05, 4.69) is 33.2 Å². The van der Waals surface area contributed by atoms with Crippen LogP contribution in [0.2, 0.25) is 0 Å². The van der Waals surface area contributed by atoms with Crippen LogP contribution in [0.25, 0.3) is 0 Å². The topological polar surface area (TPSA) is 197 Å². The van der Waals surface area contributed by atoms with Crippen LogP contribution in [-0.2, 0) is 25.6 Å². The number of rotatable bonds is 13. The summed E-state index contributed by atoms with van der Waals surface area (Å²) in [4.78, 5) is 58.1. The molecule has 1 aromatic rings. The van der Waals surface area contributed by atoms with Crippen LogP contribution < -0.4 is 22.1 Å². The van der Waals surface area contributed by atoms with E-state index in [0.717, 1.165) is 0 Å². The number of aromatic nitrogens is 2. The molecule has 2 heterocycles. The van der Waals surface area contributed by atoms with E-state index in [4.69, 9.17) is 11.5 Å². The van der Waals surface area contributed by atoms with Gasteiger partial charge in [0.1, 0.15) is 18.1 Å². The van der Waals surface area contributed by atoms with Gasteiger partial charge in [-0.25, -0.2) is 9.78 Å². The molecule has 0 saturated carbocycles. The van der Waals surface area contributed by atoms with Gasteiger partial charge in [0.2, 0.25) is 17.7 Å². The molecule has 0 aromatic carbocycles. The predicted octanol–water partition coefficient (Wildman–Crippen LogP) is -1.62. The van der Waals surface area contributed by atoms with Crippen molar-refractivity contribution in [3.05, 3.63) is 18.2 Å². The van der Waals surface area contributed by atoms with Gasteiger partial charge >= 0.3 is 5.97 Å². The van der Waals surface area contributed by atoms with Crippen molar-refractivity contribution in [1.29, 1.82) is 0 Å². The second kappa shape index (κ2) is 13.2. The van der Waals surface area contributed by atoms with Crippen LogP contribution in [0.4, 0.5) is 0 Å². The predicted molar refractivity (Wildman–Crippen MR) is 123 cm³/mol. The number of amides is 3. The van der Waals surface area contributed by atoms with Gasteiger partial charge < -0.3 is 37.1 Å². The van der Waals surface area contributed by atoms with E-state index in [-0.39, 0.29) is 24.5 Å². The minimum absolute atomic E-state index is 0.0936. The van der Waals surface area contributed by atoms with Gasteiger partial charge in [-0.15, -0.1) is 0 Å². The van der Waals surface area contributed by atoms with Crippen molar-refractivity contribution < 1.29 is 24.3 Å². The molecule has 12 nitrogen and oxygen atoms in total. The number of nitrogens with two attached hydrogens (primary N) is 2. The van der Waals surface area contributed by atoms with Crippen LogP contribution in [0.1, 0.15) is 37.8 Å². The first-order chi connectivity index (χ1) is 15.8. The maximum Gasteiger partial charge on any atom is 0.327 e. The first-order valence-corrected chi connectivity index (χ1v) is 11.6. The molecular weight excluding hydrogens is 450 g/mol. The second-order valence-corrected chi connectivity index (χ2v) is 8.37. The summed E-state index contributed by atoms with van der Waals surface area (Å²) in [5.41, 5.74) is 12.3. The molecule has 13 heteroatoms. The Bertz CT molecular complexity index is 807. The lowest BCUT2D eigenvalue weighted by atomic mass is 10.1. The highest BCUT2D eigenvalue weighted by molar-refractivity contribution is 7.80. The van der Waals surface area contributed by atoms with Crippen LogP contribution in [-0.4, -0.2) is 86.7 Å². The molecule has 3 amide bonds. The van der Waals surface area contributed by atoms with E-state index in [1.165, 1.54) is 11.2 Å². The Morgan fingerprint density at radius 3 is 2.64 bits per heavy atom. The molecule has 0 bridgehead atoms. The highest BCUT2D eigenvalue weighted by Crippen LogP contribution is 2.19. The number of carbonyl (C=O) groups excluding carboxylic acids is 3. The smallest absolute Gasteiger partial charge is 0.327 e. The first-order valence-electron chi connectivity index (χ1n) is 11.0. The monoisotopic (exact) mass is 483 g/mol. The van der Waals surface area contributed by atoms with Gasteiger partial charge in [-0.2, -0.15) is 12.6 Å². The van der Waals surface area contributed by atoms with Crippen molar-refractivity contribution >= 4 is 36.3 Å². The molecule has 0 spiro atoms. The molecule has 1 aliphatic heterocycles. The Kier molecular flexibility index (Phi) is 10.6. The Morgan fingerprint density at radius 1 is 1.27 bits per heavy atom. The SMILES string of the molecule is NCCCCC(NC(=O)C1CCCN1C(=O)C(N)Cc1cnc[nH]1)C(=O)NC(CS)C(=O)O. The van der Waals surface area contributed by atoms with E-state index in [1.807, 2.05) is 0 Å². The summed E-state index contributed by atoms with van der Waals surface area (Å²) >= 11 is 3.95. The summed E-state index contributed by atoms with van der Waals surface area (Å²) in [6, 6.07) is -3.73. The zero-order chi connectivity index (χ0) is 24.4. The van der Waals surface area contributed by atoms with E-state index < -0.39 is 42.0 Å². The largest absolute Gasteiger partial charge is 0.480 e. The Morgan fingerprint density at radius 2 is 2.03 bits per heavy atom. The summed E-state index contributed by atoms with van der Waals surface area (Å²) in [6.45, 7) is 0.814. The summed E-state index contributed by atoms with van der Waals surface area (Å²) in [6.07, 6.45) is 5.91. The molecule has 33 heavy (non-hydrogen) atoms. The molecule has 8 N–H and O–H groups in total. The number of hydrogen-bond donors (Lipinski definition) is 7. The molecule has 1 fully saturated rings. The van der Waals surface area contributed by atoms with E-state index in [9.17, 15) is 24.3 Å². The highest BCUT2D eigenvalue weighted by atomic mass is 32.1. The molecule has 184 valence electrons. The summed E-state index contributed by atoms with van der Waals surface area (Å²) in [5, 5.41) is 14.3. The third kappa shape index (κ3) is 7.72. The van der Waals surface area contributed by atoms with Crippen LogP contribution in [0.15, 0.2) is 12.5 Å². The van der Waals surface area contributed by atoms with Gasteiger partial charge in [0.15, 0.2) is 0 Å². The third-order valence-corrected chi connectivity index (χ3v) is 5.89. The van der Waals surface area contributed by atoms with Crippen LogP contribution >= 0.6 is 12.6 Å². The number of aromatic amines is 1. The average Bonchev–Trinajstić information content (AvgIpc) is 3.48. The number of imidazole rings is 1. The third-order valence-electron chi connectivity index (χ3n) is 5.53. The molecule has 0 radical (unpaired) electrons. The maximum absolute atomic E-state index is 13.0. The number of nitrogens with zero attached hydrogens (tertiary/aromatic N) is 2. The molecule has 4 unspecified atom stereocenters. The molecule has 1 aliphatic rings.